The molecular weight excluding hydrogens is 328 g/mol. The zero-order chi connectivity index (χ0) is 19.5. The van der Waals surface area contributed by atoms with Crippen LogP contribution in [0.15, 0.2) is 24.0 Å². The van der Waals surface area contributed by atoms with Gasteiger partial charge in [-0.15, -0.1) is 0 Å². The number of hydrogen-bond donors (Lipinski definition) is 1. The van der Waals surface area contributed by atoms with Crippen molar-refractivity contribution in [2.24, 2.45) is 11.3 Å². The van der Waals surface area contributed by atoms with Crippen molar-refractivity contribution in [1.29, 1.82) is 0 Å². The molecule has 2 rings (SSSR count). The first kappa shape index (κ1) is 20.4. The van der Waals surface area contributed by atoms with Gasteiger partial charge >= 0.3 is 5.97 Å². The molecule has 1 aromatic rings. The summed E-state index contributed by atoms with van der Waals surface area (Å²) in [4.78, 5) is 25.4. The monoisotopic (exact) mass is 358 g/mol. The molecule has 0 aliphatic heterocycles. The number of carbonyl (C=O) groups is 2. The third kappa shape index (κ3) is 4.61. The standard InChI is InChI=1S/C22H30O4/c1-6-16-11-14(2)7-8-17(16)20-18(24)12-15(9-10-23)13-19(20)26-21(25)22(3,4)5/h7-8,11,15,23H,6,9-10,12-13H2,1-5H3. The van der Waals surface area contributed by atoms with Crippen LogP contribution in [0.5, 0.6) is 0 Å². The Hall–Kier alpha value is -1.94. The van der Waals surface area contributed by atoms with Gasteiger partial charge in [-0.05, 0) is 57.6 Å². The molecule has 1 aliphatic rings. The van der Waals surface area contributed by atoms with Crippen molar-refractivity contribution in [3.63, 3.8) is 0 Å². The third-order valence-electron chi connectivity index (χ3n) is 4.78. The van der Waals surface area contributed by atoms with Crippen LogP contribution in [-0.4, -0.2) is 23.5 Å². The zero-order valence-electron chi connectivity index (χ0n) is 16.5. The number of Topliss-reactive ketones (excluding diaryl/α,β-unsaturated/α-hetero) is 1. The Morgan fingerprint density at radius 1 is 1.27 bits per heavy atom. The van der Waals surface area contributed by atoms with E-state index < -0.39 is 5.41 Å². The van der Waals surface area contributed by atoms with Gasteiger partial charge < -0.3 is 9.84 Å². The van der Waals surface area contributed by atoms with Crippen molar-refractivity contribution in [2.75, 3.05) is 6.61 Å². The second kappa shape index (κ2) is 8.17. The van der Waals surface area contributed by atoms with Crippen LogP contribution in [0.1, 0.15) is 63.6 Å². The van der Waals surface area contributed by atoms with Gasteiger partial charge in [-0.1, -0.05) is 30.7 Å². The zero-order valence-corrected chi connectivity index (χ0v) is 16.5. The minimum Gasteiger partial charge on any atom is -0.430 e. The normalized spacial score (nSPS) is 18.2. The van der Waals surface area contributed by atoms with E-state index in [1.165, 1.54) is 0 Å². The lowest BCUT2D eigenvalue weighted by Crippen LogP contribution is -2.27. The molecule has 1 aromatic carbocycles. The maximum atomic E-state index is 12.9. The van der Waals surface area contributed by atoms with E-state index in [4.69, 9.17) is 4.74 Å². The predicted octanol–water partition coefficient (Wildman–Crippen LogP) is 4.22. The maximum absolute atomic E-state index is 12.9. The topological polar surface area (TPSA) is 63.6 Å². The van der Waals surface area contributed by atoms with Gasteiger partial charge in [0.05, 0.1) is 11.0 Å². The molecular formula is C22H30O4. The van der Waals surface area contributed by atoms with Crippen molar-refractivity contribution in [1.82, 2.24) is 0 Å². The van der Waals surface area contributed by atoms with Gasteiger partial charge in [0.25, 0.3) is 0 Å². The van der Waals surface area contributed by atoms with Crippen LogP contribution in [0.3, 0.4) is 0 Å². The number of esters is 1. The summed E-state index contributed by atoms with van der Waals surface area (Å²) in [6, 6.07) is 6.02. The van der Waals surface area contributed by atoms with Gasteiger partial charge in [-0.3, -0.25) is 9.59 Å². The van der Waals surface area contributed by atoms with E-state index in [1.807, 2.05) is 19.1 Å². The number of ketones is 1. The Bertz CT molecular complexity index is 722. The molecule has 1 atom stereocenters. The number of ether oxygens (including phenoxy) is 1. The number of aryl methyl sites for hydroxylation is 2. The van der Waals surface area contributed by atoms with Crippen LogP contribution < -0.4 is 0 Å². The van der Waals surface area contributed by atoms with E-state index in [2.05, 4.69) is 13.0 Å². The average Bonchev–Trinajstić information content (AvgIpc) is 2.54. The van der Waals surface area contributed by atoms with Crippen molar-refractivity contribution in [2.45, 2.75) is 60.3 Å². The highest BCUT2D eigenvalue weighted by molar-refractivity contribution is 6.22. The van der Waals surface area contributed by atoms with E-state index >= 15 is 0 Å². The Labute approximate surface area is 156 Å². The molecule has 0 spiro atoms. The quantitative estimate of drug-likeness (QED) is 0.801. The molecule has 0 radical (unpaired) electrons. The first-order valence-corrected chi connectivity index (χ1v) is 9.36. The number of carbonyl (C=O) groups excluding carboxylic acids is 2. The SMILES string of the molecule is CCc1cc(C)ccc1C1=C(OC(=O)C(C)(C)C)CC(CCO)CC1=O. The largest absolute Gasteiger partial charge is 0.430 e. The minimum atomic E-state index is -0.647. The Morgan fingerprint density at radius 3 is 2.54 bits per heavy atom. The molecule has 1 aliphatic carbocycles. The van der Waals surface area contributed by atoms with Gasteiger partial charge in [0.15, 0.2) is 5.78 Å². The first-order chi connectivity index (χ1) is 12.2. The summed E-state index contributed by atoms with van der Waals surface area (Å²) in [5.41, 5.74) is 2.97. The molecule has 26 heavy (non-hydrogen) atoms. The molecule has 4 nitrogen and oxygen atoms in total. The van der Waals surface area contributed by atoms with Gasteiger partial charge in [-0.2, -0.15) is 0 Å². The third-order valence-corrected chi connectivity index (χ3v) is 4.78. The summed E-state index contributed by atoms with van der Waals surface area (Å²) in [5.74, 6) is 0.116. The average molecular weight is 358 g/mol. The molecule has 0 aromatic heterocycles. The van der Waals surface area contributed by atoms with Crippen molar-refractivity contribution in [3.8, 4) is 0 Å². The maximum Gasteiger partial charge on any atom is 0.316 e. The number of hydrogen-bond acceptors (Lipinski definition) is 4. The van der Waals surface area contributed by atoms with Gasteiger partial charge in [0, 0.05) is 19.4 Å². The second-order valence-corrected chi connectivity index (χ2v) is 8.16. The summed E-state index contributed by atoms with van der Waals surface area (Å²) in [6.07, 6.45) is 2.21. The Kier molecular flexibility index (Phi) is 6.40. The fraction of sp³-hybridized carbons (Fsp3) is 0.545. The van der Waals surface area contributed by atoms with E-state index in [0.29, 0.717) is 30.6 Å². The Morgan fingerprint density at radius 2 is 1.96 bits per heavy atom. The van der Waals surface area contributed by atoms with Crippen LogP contribution >= 0.6 is 0 Å². The summed E-state index contributed by atoms with van der Waals surface area (Å²) >= 11 is 0. The van der Waals surface area contributed by atoms with Crippen LogP contribution in [0.4, 0.5) is 0 Å². The molecule has 0 amide bonds. The lowest BCUT2D eigenvalue weighted by molar-refractivity contribution is -0.148. The minimum absolute atomic E-state index is 0.00884. The number of aliphatic hydroxyl groups excluding tert-OH is 1. The van der Waals surface area contributed by atoms with Crippen molar-refractivity contribution < 1.29 is 19.4 Å². The highest BCUT2D eigenvalue weighted by Gasteiger charge is 2.33. The van der Waals surface area contributed by atoms with Gasteiger partial charge in [-0.25, -0.2) is 0 Å². The predicted molar refractivity (Wildman–Crippen MR) is 102 cm³/mol. The smallest absolute Gasteiger partial charge is 0.316 e. The Balaban J connectivity index is 2.55. The molecule has 1 unspecified atom stereocenters. The highest BCUT2D eigenvalue weighted by atomic mass is 16.5. The van der Waals surface area contributed by atoms with E-state index in [-0.39, 0.29) is 24.3 Å². The summed E-state index contributed by atoms with van der Waals surface area (Å²) in [5, 5.41) is 9.26. The van der Waals surface area contributed by atoms with Gasteiger partial charge in [0.2, 0.25) is 0 Å². The highest BCUT2D eigenvalue weighted by Crippen LogP contribution is 2.37. The molecule has 0 fully saturated rings. The summed E-state index contributed by atoms with van der Waals surface area (Å²) < 4.78 is 5.74. The van der Waals surface area contributed by atoms with Crippen molar-refractivity contribution >= 4 is 17.3 Å². The van der Waals surface area contributed by atoms with Gasteiger partial charge in [0.1, 0.15) is 5.76 Å². The lowest BCUT2D eigenvalue weighted by atomic mass is 9.81. The van der Waals surface area contributed by atoms with E-state index in [0.717, 1.165) is 23.1 Å². The molecule has 0 saturated heterocycles. The number of benzene rings is 1. The molecule has 4 heteroatoms. The number of aliphatic hydroxyl groups is 1. The fourth-order valence-corrected chi connectivity index (χ4v) is 3.26. The van der Waals surface area contributed by atoms with Crippen molar-refractivity contribution in [3.05, 3.63) is 40.6 Å². The van der Waals surface area contributed by atoms with E-state index in [9.17, 15) is 14.7 Å². The van der Waals surface area contributed by atoms with Crippen LogP contribution in [0.25, 0.3) is 5.57 Å². The lowest BCUT2D eigenvalue weighted by Gasteiger charge is -2.28. The number of allylic oxidation sites excluding steroid dienone is 2. The van der Waals surface area contributed by atoms with Crippen LogP contribution in [0, 0.1) is 18.3 Å². The van der Waals surface area contributed by atoms with Crippen LogP contribution in [-0.2, 0) is 20.7 Å². The molecule has 142 valence electrons. The summed E-state index contributed by atoms with van der Waals surface area (Å²) in [7, 11) is 0. The fourth-order valence-electron chi connectivity index (χ4n) is 3.26. The molecule has 0 heterocycles. The van der Waals surface area contributed by atoms with E-state index in [1.54, 1.807) is 20.8 Å². The second-order valence-electron chi connectivity index (χ2n) is 8.16. The first-order valence-electron chi connectivity index (χ1n) is 9.36. The summed E-state index contributed by atoms with van der Waals surface area (Å²) in [6.45, 7) is 9.51. The number of rotatable bonds is 5. The van der Waals surface area contributed by atoms with Crippen LogP contribution in [0.2, 0.25) is 0 Å². The molecule has 0 bridgehead atoms. The molecule has 1 N–H and O–H groups in total. The molecule has 0 saturated carbocycles.